The van der Waals surface area contributed by atoms with Gasteiger partial charge in [0.1, 0.15) is 17.9 Å². The fourth-order valence-corrected chi connectivity index (χ4v) is 3.92. The Morgan fingerprint density at radius 1 is 1.03 bits per heavy atom. The molecule has 0 aliphatic carbocycles. The van der Waals surface area contributed by atoms with Crippen LogP contribution in [0.5, 0.6) is 5.75 Å². The second-order valence-corrected chi connectivity index (χ2v) is 8.19. The summed E-state index contributed by atoms with van der Waals surface area (Å²) in [6, 6.07) is 21.8. The molecule has 0 aliphatic rings. The van der Waals surface area contributed by atoms with Gasteiger partial charge in [-0.3, -0.25) is 14.5 Å². The monoisotopic (exact) mass is 486 g/mol. The largest absolute Gasteiger partial charge is 0.492 e. The Morgan fingerprint density at radius 3 is 2.47 bits per heavy atom. The van der Waals surface area contributed by atoms with Crippen molar-refractivity contribution in [2.45, 2.75) is 13.8 Å². The number of hydrogen-bond donors (Lipinski definition) is 2. The van der Waals surface area contributed by atoms with E-state index in [1.165, 1.54) is 4.90 Å². The molecule has 0 atom stereocenters. The Labute approximate surface area is 210 Å². The van der Waals surface area contributed by atoms with E-state index in [0.717, 1.165) is 36.2 Å². The molecular formula is C28H30N4O4. The van der Waals surface area contributed by atoms with E-state index in [-0.39, 0.29) is 12.5 Å². The molecule has 0 fully saturated rings. The molecule has 1 aromatic heterocycles. The van der Waals surface area contributed by atoms with Crippen LogP contribution in [0.2, 0.25) is 0 Å². The summed E-state index contributed by atoms with van der Waals surface area (Å²) in [5.41, 5.74) is 9.23. The minimum atomic E-state index is -0.263. The Balaban J connectivity index is 1.34. The van der Waals surface area contributed by atoms with E-state index in [2.05, 4.69) is 30.1 Å². The first-order chi connectivity index (χ1) is 17.5. The summed E-state index contributed by atoms with van der Waals surface area (Å²) in [4.78, 5) is 27.9. The van der Waals surface area contributed by atoms with Gasteiger partial charge in [-0.05, 0) is 62.4 Å². The lowest BCUT2D eigenvalue weighted by Gasteiger charge is -2.20. The fourth-order valence-electron chi connectivity index (χ4n) is 3.92. The lowest BCUT2D eigenvalue weighted by Crippen LogP contribution is -2.26. The van der Waals surface area contributed by atoms with Crippen LogP contribution >= 0.6 is 0 Å². The zero-order valence-corrected chi connectivity index (χ0v) is 20.4. The van der Waals surface area contributed by atoms with Crippen LogP contribution in [0.1, 0.15) is 24.2 Å². The van der Waals surface area contributed by atoms with Gasteiger partial charge in [-0.15, -0.1) is 0 Å². The maximum Gasteiger partial charge on any atom is 0.255 e. The summed E-state index contributed by atoms with van der Waals surface area (Å²) in [6.07, 6.45) is 0.731. The molecule has 0 radical (unpaired) electrons. The molecule has 186 valence electrons. The number of ether oxygens (including phenoxy) is 1. The molecule has 8 nitrogen and oxygen atoms in total. The van der Waals surface area contributed by atoms with Gasteiger partial charge in [-0.25, -0.2) is 0 Å². The van der Waals surface area contributed by atoms with Gasteiger partial charge in [-0.2, -0.15) is 0 Å². The van der Waals surface area contributed by atoms with E-state index in [1.807, 2.05) is 18.2 Å². The van der Waals surface area contributed by atoms with E-state index in [9.17, 15) is 9.59 Å². The predicted molar refractivity (Wildman–Crippen MR) is 144 cm³/mol. The Hall–Kier alpha value is -4.46. The molecule has 36 heavy (non-hydrogen) atoms. The number of nitrogens with one attached hydrogen (secondary N) is 1. The lowest BCUT2D eigenvalue weighted by molar-refractivity contribution is -0.107. The molecule has 4 rings (SSSR count). The highest BCUT2D eigenvalue weighted by molar-refractivity contribution is 6.05. The number of carbonyl (C=O) groups excluding carboxylic acids is 2. The molecule has 4 aromatic rings. The zero-order chi connectivity index (χ0) is 25.5. The number of para-hydroxylation sites is 2. The standard InChI is InChI=1S/C28H30N4O4/c1-3-31(4-2)22-12-9-21-17-27(36-26(21)18-22)32(19-33)15-16-35-23-13-10-20(11-14-23)28(34)30-25-8-6-5-7-24(25)29/h5-14,17-19H,3-4,15-16,29H2,1-2H3,(H,30,34). The number of amides is 2. The summed E-state index contributed by atoms with van der Waals surface area (Å²) < 4.78 is 11.7. The summed E-state index contributed by atoms with van der Waals surface area (Å²) in [7, 11) is 0. The van der Waals surface area contributed by atoms with E-state index < -0.39 is 0 Å². The number of carbonyl (C=O) groups is 2. The van der Waals surface area contributed by atoms with Gasteiger partial charge in [0.15, 0.2) is 0 Å². The SMILES string of the molecule is CCN(CC)c1ccc2cc(N(C=O)CCOc3ccc(C(=O)Nc4ccccc4N)cc3)oc2c1. The molecule has 1 heterocycles. The first kappa shape index (κ1) is 24.7. The summed E-state index contributed by atoms with van der Waals surface area (Å²) in [5, 5.41) is 3.72. The van der Waals surface area contributed by atoms with Crippen molar-refractivity contribution in [2.24, 2.45) is 0 Å². The molecule has 8 heteroatoms. The molecule has 0 aliphatic heterocycles. The van der Waals surface area contributed by atoms with Gasteiger partial charge in [0.25, 0.3) is 5.91 Å². The fraction of sp³-hybridized carbons (Fsp3) is 0.214. The predicted octanol–water partition coefficient (Wildman–Crippen LogP) is 5.16. The average Bonchev–Trinajstić information content (AvgIpc) is 3.32. The number of anilines is 4. The van der Waals surface area contributed by atoms with Gasteiger partial charge in [0, 0.05) is 41.9 Å². The Morgan fingerprint density at radius 2 is 1.78 bits per heavy atom. The average molecular weight is 487 g/mol. The van der Waals surface area contributed by atoms with Crippen LogP contribution in [0.25, 0.3) is 11.0 Å². The number of furan rings is 1. The van der Waals surface area contributed by atoms with Crippen molar-refractivity contribution in [3.8, 4) is 5.75 Å². The molecular weight excluding hydrogens is 456 g/mol. The quantitative estimate of drug-likeness (QED) is 0.224. The lowest BCUT2D eigenvalue weighted by atomic mass is 10.2. The van der Waals surface area contributed by atoms with Gasteiger partial charge >= 0.3 is 0 Å². The zero-order valence-electron chi connectivity index (χ0n) is 20.4. The number of fused-ring (bicyclic) bond motifs is 1. The van der Waals surface area contributed by atoms with Crippen LogP contribution in [-0.4, -0.2) is 38.6 Å². The highest BCUT2D eigenvalue weighted by Gasteiger charge is 2.14. The third kappa shape index (κ3) is 5.60. The minimum absolute atomic E-state index is 0.257. The van der Waals surface area contributed by atoms with E-state index in [4.69, 9.17) is 14.9 Å². The molecule has 0 spiro atoms. The first-order valence-electron chi connectivity index (χ1n) is 11.9. The number of benzene rings is 3. The summed E-state index contributed by atoms with van der Waals surface area (Å²) in [6.45, 7) is 6.59. The summed E-state index contributed by atoms with van der Waals surface area (Å²) >= 11 is 0. The second kappa shape index (κ2) is 11.3. The van der Waals surface area contributed by atoms with Crippen LogP contribution in [0.15, 0.2) is 77.2 Å². The molecule has 0 bridgehead atoms. The van der Waals surface area contributed by atoms with Crippen molar-refractivity contribution in [3.05, 3.63) is 78.4 Å². The van der Waals surface area contributed by atoms with E-state index in [0.29, 0.717) is 35.1 Å². The van der Waals surface area contributed by atoms with Gasteiger partial charge < -0.3 is 25.1 Å². The van der Waals surface area contributed by atoms with Gasteiger partial charge in [0.2, 0.25) is 12.3 Å². The molecule has 2 amide bonds. The van der Waals surface area contributed by atoms with Crippen molar-refractivity contribution in [1.82, 2.24) is 0 Å². The molecule has 3 N–H and O–H groups in total. The Bertz CT molecular complexity index is 1330. The van der Waals surface area contributed by atoms with Crippen LogP contribution in [-0.2, 0) is 4.79 Å². The highest BCUT2D eigenvalue weighted by atomic mass is 16.5. The number of rotatable bonds is 11. The maximum atomic E-state index is 12.5. The number of nitrogen functional groups attached to an aromatic ring is 1. The van der Waals surface area contributed by atoms with Crippen LogP contribution < -0.4 is 25.6 Å². The third-order valence-electron chi connectivity index (χ3n) is 5.96. The number of hydrogen-bond acceptors (Lipinski definition) is 6. The third-order valence-corrected chi connectivity index (χ3v) is 5.96. The van der Waals surface area contributed by atoms with Crippen LogP contribution in [0, 0.1) is 0 Å². The molecule has 3 aromatic carbocycles. The summed E-state index contributed by atoms with van der Waals surface area (Å²) in [5.74, 6) is 0.790. The topological polar surface area (TPSA) is 101 Å². The highest BCUT2D eigenvalue weighted by Crippen LogP contribution is 2.29. The van der Waals surface area contributed by atoms with Crippen molar-refractivity contribution >= 4 is 46.2 Å². The number of nitrogens with two attached hydrogens (primary N) is 1. The number of nitrogens with zero attached hydrogens (tertiary/aromatic N) is 2. The van der Waals surface area contributed by atoms with Crippen molar-refractivity contribution in [3.63, 3.8) is 0 Å². The molecule has 0 unspecified atom stereocenters. The van der Waals surface area contributed by atoms with Gasteiger partial charge in [0.05, 0.1) is 17.9 Å². The van der Waals surface area contributed by atoms with E-state index in [1.54, 1.807) is 48.5 Å². The first-order valence-corrected chi connectivity index (χ1v) is 11.9. The maximum absolute atomic E-state index is 12.5. The molecule has 0 saturated heterocycles. The molecule has 0 saturated carbocycles. The Kier molecular flexibility index (Phi) is 7.75. The van der Waals surface area contributed by atoms with Crippen LogP contribution in [0.3, 0.4) is 0 Å². The van der Waals surface area contributed by atoms with Crippen molar-refractivity contribution in [2.75, 3.05) is 47.1 Å². The van der Waals surface area contributed by atoms with E-state index >= 15 is 0 Å². The second-order valence-electron chi connectivity index (χ2n) is 8.19. The minimum Gasteiger partial charge on any atom is -0.492 e. The van der Waals surface area contributed by atoms with Crippen LogP contribution in [0.4, 0.5) is 22.9 Å². The smallest absolute Gasteiger partial charge is 0.255 e. The normalized spacial score (nSPS) is 10.7. The van der Waals surface area contributed by atoms with Gasteiger partial charge in [-0.1, -0.05) is 12.1 Å². The van der Waals surface area contributed by atoms with Crippen molar-refractivity contribution < 1.29 is 18.7 Å². The van der Waals surface area contributed by atoms with Crippen molar-refractivity contribution in [1.29, 1.82) is 0 Å².